The van der Waals surface area contributed by atoms with Gasteiger partial charge in [0.1, 0.15) is 11.9 Å². The molecule has 1 aromatic carbocycles. The van der Waals surface area contributed by atoms with Crippen molar-refractivity contribution in [1.29, 1.82) is 0 Å². The van der Waals surface area contributed by atoms with E-state index < -0.39 is 0 Å². The van der Waals surface area contributed by atoms with E-state index in [4.69, 9.17) is 4.74 Å². The second-order valence-corrected chi connectivity index (χ2v) is 8.00. The van der Waals surface area contributed by atoms with E-state index in [0.717, 1.165) is 18.7 Å². The van der Waals surface area contributed by atoms with Crippen LogP contribution in [0.4, 0.5) is 0 Å². The summed E-state index contributed by atoms with van der Waals surface area (Å²) in [5, 5.41) is 3.61. The third-order valence-corrected chi connectivity index (χ3v) is 6.02. The van der Waals surface area contributed by atoms with Crippen molar-refractivity contribution in [2.75, 3.05) is 6.54 Å². The Morgan fingerprint density at radius 1 is 1.43 bits per heavy atom. The number of hydrogen-bond donors (Lipinski definition) is 1. The van der Waals surface area contributed by atoms with Gasteiger partial charge < -0.3 is 10.1 Å². The molecule has 2 unspecified atom stereocenters. The average molecular weight is 366 g/mol. The fourth-order valence-corrected chi connectivity index (χ4v) is 4.51. The van der Waals surface area contributed by atoms with E-state index in [1.807, 2.05) is 11.3 Å². The predicted molar refractivity (Wildman–Crippen MR) is 92.5 cm³/mol. The molecule has 21 heavy (non-hydrogen) atoms. The van der Waals surface area contributed by atoms with Gasteiger partial charge in [-0.3, -0.25) is 0 Å². The van der Waals surface area contributed by atoms with E-state index >= 15 is 0 Å². The Morgan fingerprint density at radius 2 is 2.24 bits per heavy atom. The Hall–Kier alpha value is -0.840. The molecule has 4 heteroatoms. The van der Waals surface area contributed by atoms with Crippen LogP contribution < -0.4 is 10.1 Å². The monoisotopic (exact) mass is 365 g/mol. The highest BCUT2D eigenvalue weighted by atomic mass is 79.9. The van der Waals surface area contributed by atoms with Crippen molar-refractivity contribution < 1.29 is 4.74 Å². The first-order valence-electron chi connectivity index (χ1n) is 7.37. The summed E-state index contributed by atoms with van der Waals surface area (Å²) in [7, 11) is 0. The van der Waals surface area contributed by atoms with Gasteiger partial charge in [-0.15, -0.1) is 11.3 Å². The molecule has 0 bridgehead atoms. The minimum atomic E-state index is 0.256. The first kappa shape index (κ1) is 15.1. The molecule has 3 rings (SSSR count). The van der Waals surface area contributed by atoms with Crippen molar-refractivity contribution in [3.05, 3.63) is 49.6 Å². The molecule has 0 saturated carbocycles. The normalized spacial score (nSPS) is 18.4. The molecule has 1 aromatic heterocycles. The number of aryl methyl sites for hydroxylation is 1. The lowest BCUT2D eigenvalue weighted by Gasteiger charge is -2.17. The second-order valence-electron chi connectivity index (χ2n) is 5.60. The number of fused-ring (bicyclic) bond motifs is 1. The minimum Gasteiger partial charge on any atom is -0.490 e. The number of hydrogen-bond acceptors (Lipinski definition) is 3. The van der Waals surface area contributed by atoms with Crippen molar-refractivity contribution in [1.82, 2.24) is 5.32 Å². The number of thiophene rings is 1. The smallest absolute Gasteiger partial charge is 0.123 e. The quantitative estimate of drug-likeness (QED) is 0.836. The highest BCUT2D eigenvalue weighted by Gasteiger charge is 2.22. The Bertz CT molecular complexity index is 633. The molecule has 2 atom stereocenters. The zero-order chi connectivity index (χ0) is 15.0. The average Bonchev–Trinajstić information content (AvgIpc) is 2.97. The van der Waals surface area contributed by atoms with Gasteiger partial charge in [0.2, 0.25) is 0 Å². The highest BCUT2D eigenvalue weighted by Crippen LogP contribution is 2.37. The van der Waals surface area contributed by atoms with E-state index in [1.165, 1.54) is 25.4 Å². The standard InChI is InChI=1S/C17H20BrNOS/c1-4-19-16(15-7-10(2)17(18)21-15)12-5-6-14-13(9-12)8-11(3)20-14/h5-7,9,11,16,19H,4,8H2,1-3H3. The molecule has 0 spiro atoms. The largest absolute Gasteiger partial charge is 0.490 e. The first-order valence-corrected chi connectivity index (χ1v) is 8.98. The molecule has 2 heterocycles. The Labute approximate surface area is 138 Å². The zero-order valence-electron chi connectivity index (χ0n) is 12.6. The lowest BCUT2D eigenvalue weighted by molar-refractivity contribution is 0.254. The molecule has 0 fully saturated rings. The number of benzene rings is 1. The second kappa shape index (κ2) is 6.11. The van der Waals surface area contributed by atoms with Crippen LogP contribution in [-0.2, 0) is 6.42 Å². The fraction of sp³-hybridized carbons (Fsp3) is 0.412. The lowest BCUT2D eigenvalue weighted by Crippen LogP contribution is -2.21. The highest BCUT2D eigenvalue weighted by molar-refractivity contribution is 9.11. The van der Waals surface area contributed by atoms with E-state index in [0.29, 0.717) is 6.10 Å². The van der Waals surface area contributed by atoms with Gasteiger partial charge in [0, 0.05) is 11.3 Å². The maximum Gasteiger partial charge on any atom is 0.123 e. The van der Waals surface area contributed by atoms with E-state index in [1.54, 1.807) is 0 Å². The third kappa shape index (κ3) is 3.03. The molecule has 1 aliphatic rings. The van der Waals surface area contributed by atoms with Gasteiger partial charge in [-0.1, -0.05) is 19.1 Å². The van der Waals surface area contributed by atoms with Gasteiger partial charge in [-0.25, -0.2) is 0 Å². The van der Waals surface area contributed by atoms with Crippen LogP contribution in [0.5, 0.6) is 5.75 Å². The summed E-state index contributed by atoms with van der Waals surface area (Å²) < 4.78 is 7.03. The van der Waals surface area contributed by atoms with Crippen molar-refractivity contribution in [3.8, 4) is 5.75 Å². The summed E-state index contributed by atoms with van der Waals surface area (Å²) in [4.78, 5) is 1.35. The van der Waals surface area contributed by atoms with Crippen LogP contribution in [0.2, 0.25) is 0 Å². The molecule has 2 aromatic rings. The van der Waals surface area contributed by atoms with Crippen molar-refractivity contribution in [3.63, 3.8) is 0 Å². The van der Waals surface area contributed by atoms with Gasteiger partial charge in [-0.2, -0.15) is 0 Å². The Balaban J connectivity index is 1.96. The summed E-state index contributed by atoms with van der Waals surface area (Å²) in [5.74, 6) is 1.05. The number of nitrogens with one attached hydrogen (secondary N) is 1. The van der Waals surface area contributed by atoms with Gasteiger partial charge in [0.15, 0.2) is 0 Å². The van der Waals surface area contributed by atoms with Gasteiger partial charge >= 0.3 is 0 Å². The molecule has 0 radical (unpaired) electrons. The van der Waals surface area contributed by atoms with Crippen molar-refractivity contribution in [2.45, 2.75) is 39.3 Å². The Morgan fingerprint density at radius 3 is 2.90 bits per heavy atom. The molecule has 0 saturated heterocycles. The minimum absolute atomic E-state index is 0.256. The molecular formula is C17H20BrNOS. The Kier molecular flexibility index (Phi) is 4.38. The van der Waals surface area contributed by atoms with Crippen molar-refractivity contribution in [2.24, 2.45) is 0 Å². The fourth-order valence-electron chi connectivity index (χ4n) is 2.83. The molecule has 0 aliphatic carbocycles. The maximum atomic E-state index is 5.81. The van der Waals surface area contributed by atoms with Gasteiger partial charge in [-0.05, 0) is 65.1 Å². The number of rotatable bonds is 4. The maximum absolute atomic E-state index is 5.81. The molecule has 2 nitrogen and oxygen atoms in total. The van der Waals surface area contributed by atoms with Crippen molar-refractivity contribution >= 4 is 27.3 Å². The summed E-state index contributed by atoms with van der Waals surface area (Å²) in [6, 6.07) is 9.14. The number of ether oxygens (including phenoxy) is 1. The molecule has 1 aliphatic heterocycles. The zero-order valence-corrected chi connectivity index (χ0v) is 15.0. The van der Waals surface area contributed by atoms with E-state index in [9.17, 15) is 0 Å². The summed E-state index contributed by atoms with van der Waals surface area (Å²) in [5.41, 5.74) is 3.95. The predicted octanol–water partition coefficient (Wildman–Crippen LogP) is 4.84. The van der Waals surface area contributed by atoms with Gasteiger partial charge in [0.05, 0.1) is 9.83 Å². The van der Waals surface area contributed by atoms with Crippen LogP contribution in [0.15, 0.2) is 28.1 Å². The van der Waals surface area contributed by atoms with E-state index in [-0.39, 0.29) is 6.04 Å². The van der Waals surface area contributed by atoms with Crippen LogP contribution in [0.3, 0.4) is 0 Å². The summed E-state index contributed by atoms with van der Waals surface area (Å²) >= 11 is 5.45. The van der Waals surface area contributed by atoms with Crippen LogP contribution in [-0.4, -0.2) is 12.6 Å². The van der Waals surface area contributed by atoms with E-state index in [2.05, 4.69) is 66.3 Å². The summed E-state index contributed by atoms with van der Waals surface area (Å²) in [6.45, 7) is 7.37. The van der Waals surface area contributed by atoms with Crippen LogP contribution in [0.1, 0.15) is 41.5 Å². The SMILES string of the molecule is CCNC(c1ccc2c(c1)CC(C)O2)c1cc(C)c(Br)s1. The van der Waals surface area contributed by atoms with Crippen LogP contribution in [0, 0.1) is 6.92 Å². The molecule has 1 N–H and O–H groups in total. The number of halogens is 1. The summed E-state index contributed by atoms with van der Waals surface area (Å²) in [6.07, 6.45) is 1.31. The topological polar surface area (TPSA) is 21.3 Å². The third-order valence-electron chi connectivity index (χ3n) is 3.82. The molecule has 0 amide bonds. The van der Waals surface area contributed by atoms with Crippen LogP contribution in [0.25, 0.3) is 0 Å². The lowest BCUT2D eigenvalue weighted by atomic mass is 10.0. The first-order chi connectivity index (χ1) is 10.1. The molecular weight excluding hydrogens is 346 g/mol. The van der Waals surface area contributed by atoms with Gasteiger partial charge in [0.25, 0.3) is 0 Å². The molecule has 112 valence electrons. The van der Waals surface area contributed by atoms with Crippen LogP contribution >= 0.6 is 27.3 Å².